The van der Waals surface area contributed by atoms with Crippen LogP contribution in [0.3, 0.4) is 0 Å². The molecule has 0 rings (SSSR count). The van der Waals surface area contributed by atoms with E-state index in [9.17, 15) is 0 Å². The summed E-state index contributed by atoms with van der Waals surface area (Å²) in [5.41, 5.74) is 0. The maximum atomic E-state index is 8.56. The third-order valence-corrected chi connectivity index (χ3v) is 0. The molecule has 0 atom stereocenters. The fourth-order valence-electron chi connectivity index (χ4n) is 0. The lowest BCUT2D eigenvalue weighted by Gasteiger charge is -1.61. The molecule has 0 radical (unpaired) electrons. The Hall–Kier alpha value is -0.350. The van der Waals surface area contributed by atoms with Crippen molar-refractivity contribution in [2.24, 2.45) is 0 Å². The van der Waals surface area contributed by atoms with Gasteiger partial charge >= 0.3 is 0 Å². The van der Waals surface area contributed by atoms with Gasteiger partial charge in [0.25, 0.3) is 0 Å². The lowest BCUT2D eigenvalue weighted by Crippen LogP contribution is -1.50. The lowest BCUT2D eigenvalue weighted by atomic mass is 14.0. The molecule has 5 heteroatoms. The minimum Gasteiger partial charge on any atom is -0.728 e. The van der Waals surface area contributed by atoms with Crippen molar-refractivity contribution < 1.29 is 8.76 Å². The molecule has 0 bridgehead atoms. The second kappa shape index (κ2) is 3.65. The first kappa shape index (κ1) is 8.82. The number of quaternary nitrogens is 1. The van der Waals surface area contributed by atoms with Crippen LogP contribution in [0.1, 0.15) is 0 Å². The maximum absolute atomic E-state index is 8.56. The summed E-state index contributed by atoms with van der Waals surface area (Å²) >= 11 is 0. The van der Waals surface area contributed by atoms with E-state index in [4.69, 9.17) is 13.4 Å². The summed E-state index contributed by atoms with van der Waals surface area (Å²) < 4.78 is 24.1. The Morgan fingerprint density at radius 2 is 1.80 bits per heavy atom. The van der Waals surface area contributed by atoms with Crippen molar-refractivity contribution in [1.29, 1.82) is 4.61 Å². The molecule has 4 N–H and O–H groups in total. The van der Waals surface area contributed by atoms with Crippen LogP contribution in [-0.4, -0.2) is 8.76 Å². The van der Waals surface area contributed by atoms with Gasteiger partial charge in [0.05, 0.1) is 10.7 Å². The van der Waals surface area contributed by atoms with Gasteiger partial charge in [-0.2, -0.15) is 4.61 Å². The van der Waals surface area contributed by atoms with Gasteiger partial charge in [-0.15, -0.1) is 0 Å². The molecule has 32 valence electrons. The van der Waals surface area contributed by atoms with Crippen LogP contribution in [0.25, 0.3) is 0 Å². The minimum atomic E-state index is -2.86. The van der Waals surface area contributed by atoms with Crippen LogP contribution in [-0.2, 0) is 10.7 Å². The molecule has 0 aromatic carbocycles. The van der Waals surface area contributed by atoms with E-state index in [2.05, 4.69) is 0 Å². The van der Waals surface area contributed by atoms with E-state index in [0.717, 1.165) is 0 Å². The minimum absolute atomic E-state index is 0. The Bertz CT molecular complexity index is 97.8. The Morgan fingerprint density at radius 1 is 1.80 bits per heavy atom. The first-order valence-corrected chi connectivity index (χ1v) is 1.55. The molecule has 4 nitrogen and oxygen atoms in total. The van der Waals surface area contributed by atoms with Gasteiger partial charge in [-0.25, -0.2) is 4.21 Å². The standard InChI is InChI=1S/HNO2S.H3N/c1-4(2)3;/h(H,2,3);1H3. The van der Waals surface area contributed by atoms with E-state index < -0.39 is 10.7 Å². The average molecular weight is 96.1 g/mol. The second-order valence-electron chi connectivity index (χ2n) is 0.217. The summed E-state index contributed by atoms with van der Waals surface area (Å²) in [7, 11) is -2.86. The topological polar surface area (TPSA) is 100 Å². The van der Waals surface area contributed by atoms with Crippen LogP contribution >= 0.6 is 0 Å². The fraction of sp³-hybridized carbons (Fsp3) is 0. The smallest absolute Gasteiger partial charge is 0.0997 e. The Labute approximate surface area is 31.3 Å². The van der Waals surface area contributed by atoms with Gasteiger partial charge in [-0.1, -0.05) is 0 Å². The van der Waals surface area contributed by atoms with Crippen LogP contribution in [0.5, 0.6) is 0 Å². The highest BCUT2D eigenvalue weighted by Crippen LogP contribution is 1.23. The predicted molar refractivity (Wildman–Crippen MR) is 16.6 cm³/mol. The Morgan fingerprint density at radius 3 is 1.80 bits per heavy atom. The molecule has 0 saturated heterocycles. The number of hydrogen-bond donors (Lipinski definition) is 1. The average Bonchev–Trinajstić information content (AvgIpc) is 0.811. The summed E-state index contributed by atoms with van der Waals surface area (Å²) in [6.07, 6.45) is 0. The van der Waals surface area contributed by atoms with Crippen molar-refractivity contribution in [2.75, 3.05) is 0 Å². The van der Waals surface area contributed by atoms with Gasteiger partial charge in [0, 0.05) is 0 Å². The van der Waals surface area contributed by atoms with Crippen molar-refractivity contribution >= 4 is 10.7 Å². The zero-order chi connectivity index (χ0) is 3.58. The quantitative estimate of drug-likeness (QED) is 0.419. The van der Waals surface area contributed by atoms with E-state index in [0.29, 0.717) is 0 Å². The molecule has 0 saturated carbocycles. The highest BCUT2D eigenvalue weighted by Gasteiger charge is 1.21. The third-order valence-electron chi connectivity index (χ3n) is 0. The van der Waals surface area contributed by atoms with Crippen molar-refractivity contribution in [3.8, 4) is 0 Å². The molecule has 0 amide bonds. The SMILES string of the molecule is N#S(=O)[O-].[NH4+]. The van der Waals surface area contributed by atoms with Crippen LogP contribution in [0.4, 0.5) is 0 Å². The largest absolute Gasteiger partial charge is 0.728 e. The number of hydrogen-bond acceptors (Lipinski definition) is 3. The predicted octanol–water partition coefficient (Wildman–Crippen LogP) is -0.279. The zero-order valence-electron chi connectivity index (χ0n) is 2.67. The number of rotatable bonds is 0. The number of nitrogens with zero attached hydrogens (tertiary/aromatic N) is 1. The first-order valence-electron chi connectivity index (χ1n) is 0.516. The van der Waals surface area contributed by atoms with Gasteiger partial charge in [0.2, 0.25) is 0 Å². The van der Waals surface area contributed by atoms with E-state index in [1.165, 1.54) is 0 Å². The van der Waals surface area contributed by atoms with E-state index in [1.54, 1.807) is 0 Å². The molecule has 0 aliphatic carbocycles. The van der Waals surface area contributed by atoms with Crippen molar-refractivity contribution in [3.63, 3.8) is 0 Å². The van der Waals surface area contributed by atoms with Crippen LogP contribution in [0.15, 0.2) is 0 Å². The molecule has 0 aromatic heterocycles. The highest BCUT2D eigenvalue weighted by molar-refractivity contribution is 7.64. The molecule has 0 unspecified atom stereocenters. The van der Waals surface area contributed by atoms with E-state index in [1.807, 2.05) is 0 Å². The van der Waals surface area contributed by atoms with E-state index >= 15 is 0 Å². The molecule has 0 aromatic rings. The summed E-state index contributed by atoms with van der Waals surface area (Å²) in [6.45, 7) is 0. The second-order valence-corrected chi connectivity index (χ2v) is 0.651. The van der Waals surface area contributed by atoms with E-state index in [-0.39, 0.29) is 6.15 Å². The van der Waals surface area contributed by atoms with Gasteiger partial charge in [-0.3, -0.25) is 0 Å². The summed E-state index contributed by atoms with van der Waals surface area (Å²) in [5.74, 6) is 0. The monoisotopic (exact) mass is 96.0 g/mol. The lowest BCUT2D eigenvalue weighted by molar-refractivity contribution is 0.549. The third kappa shape index (κ3) is 81.1. The van der Waals surface area contributed by atoms with Crippen LogP contribution in [0, 0.1) is 4.61 Å². The zero-order valence-corrected chi connectivity index (χ0v) is 3.49. The molecule has 0 spiro atoms. The first-order chi connectivity index (χ1) is 1.73. The van der Waals surface area contributed by atoms with Crippen LogP contribution < -0.4 is 6.15 Å². The Kier molecular flexibility index (Phi) is 6.44. The molecular formula is H4N2O2S. The van der Waals surface area contributed by atoms with Crippen molar-refractivity contribution in [3.05, 3.63) is 0 Å². The fourth-order valence-corrected chi connectivity index (χ4v) is 0. The Balaban J connectivity index is 0. The van der Waals surface area contributed by atoms with Crippen LogP contribution in [0.2, 0.25) is 0 Å². The molecule has 5 heavy (non-hydrogen) atoms. The normalized spacial score (nSPS) is 4.80. The van der Waals surface area contributed by atoms with Crippen molar-refractivity contribution in [2.45, 2.75) is 0 Å². The molecular weight excluding hydrogens is 92.1 g/mol. The molecule has 0 aliphatic rings. The van der Waals surface area contributed by atoms with Gasteiger partial charge in [-0.05, 0) is 0 Å². The highest BCUT2D eigenvalue weighted by atomic mass is 32.2. The van der Waals surface area contributed by atoms with Gasteiger partial charge < -0.3 is 10.7 Å². The van der Waals surface area contributed by atoms with Gasteiger partial charge in [0.15, 0.2) is 0 Å². The van der Waals surface area contributed by atoms with Gasteiger partial charge in [0.1, 0.15) is 0 Å². The molecule has 0 fully saturated rings. The van der Waals surface area contributed by atoms with Crippen molar-refractivity contribution in [1.82, 2.24) is 6.15 Å². The summed E-state index contributed by atoms with van der Waals surface area (Å²) in [6, 6.07) is 0. The summed E-state index contributed by atoms with van der Waals surface area (Å²) in [5, 5.41) is 0. The maximum Gasteiger partial charge on any atom is 0.0997 e. The molecule has 0 aliphatic heterocycles. The molecule has 0 heterocycles. The summed E-state index contributed by atoms with van der Waals surface area (Å²) in [4.78, 5) is 0.